The van der Waals surface area contributed by atoms with Crippen LogP contribution < -0.4 is 9.47 Å². The monoisotopic (exact) mass is 922 g/mol. The second kappa shape index (κ2) is 17.5. The van der Waals surface area contributed by atoms with Crippen LogP contribution in [0.2, 0.25) is 0 Å². The molecule has 0 aromatic heterocycles. The van der Waals surface area contributed by atoms with Gasteiger partial charge in [-0.05, 0) is 171 Å². The van der Waals surface area contributed by atoms with Gasteiger partial charge in [0.1, 0.15) is 34.5 Å². The van der Waals surface area contributed by atoms with Gasteiger partial charge in [0, 0.05) is 36.5 Å². The van der Waals surface area contributed by atoms with Gasteiger partial charge in [-0.3, -0.25) is 0 Å². The molecule has 2 heterocycles. The fourth-order valence-electron chi connectivity index (χ4n) is 10.9. The van der Waals surface area contributed by atoms with Crippen LogP contribution >= 0.6 is 0 Å². The third kappa shape index (κ3) is 9.10. The molecule has 0 unspecified atom stereocenters. The maximum atomic E-state index is 13.9. The van der Waals surface area contributed by atoms with E-state index < -0.39 is 9.84 Å². The Labute approximate surface area is 399 Å². The SMILES string of the molecule is Cc1cc(C2(c3cc(C)c(Oc4ccc(S(=O)(=O)c5ccc(Oc6c(C)cc(C7(c8cc(C)c(O)c(C)c8)CC[N+](C)(C)CC7)cc6C)cc5)cc4)c(C)c3)CC[N+](C)(C)CC2)cc(C)c1O. The first-order chi connectivity index (χ1) is 31.4. The van der Waals surface area contributed by atoms with E-state index in [9.17, 15) is 18.6 Å². The first kappa shape index (κ1) is 47.9. The molecule has 352 valence electrons. The molecule has 0 bridgehead atoms. The summed E-state index contributed by atoms with van der Waals surface area (Å²) in [6.45, 7) is 20.4. The number of aryl methyl sites for hydroxylation is 8. The molecule has 0 spiro atoms. The fourth-order valence-corrected chi connectivity index (χ4v) is 12.2. The molecule has 2 aliphatic rings. The lowest BCUT2D eigenvalue weighted by atomic mass is 9.66. The molecular formula is C58H70N2O6S+2. The lowest BCUT2D eigenvalue weighted by Gasteiger charge is -2.46. The number of hydrogen-bond acceptors (Lipinski definition) is 6. The molecule has 0 saturated carbocycles. The Hall–Kier alpha value is -5.61. The molecule has 6 aromatic rings. The van der Waals surface area contributed by atoms with Crippen molar-refractivity contribution in [1.29, 1.82) is 0 Å². The number of likely N-dealkylation sites (tertiary alicyclic amines) is 2. The Balaban J connectivity index is 0.994. The van der Waals surface area contributed by atoms with Crippen LogP contribution in [0, 0.1) is 55.4 Å². The van der Waals surface area contributed by atoms with Gasteiger partial charge in [0.25, 0.3) is 0 Å². The number of phenols is 2. The van der Waals surface area contributed by atoms with Gasteiger partial charge in [0.2, 0.25) is 9.84 Å². The molecule has 8 rings (SSSR count). The van der Waals surface area contributed by atoms with Gasteiger partial charge >= 0.3 is 0 Å². The van der Waals surface area contributed by atoms with Gasteiger partial charge < -0.3 is 28.7 Å². The van der Waals surface area contributed by atoms with Crippen LogP contribution in [0.25, 0.3) is 0 Å². The van der Waals surface area contributed by atoms with Crippen LogP contribution in [0.5, 0.6) is 34.5 Å². The number of benzene rings is 6. The highest BCUT2D eigenvalue weighted by molar-refractivity contribution is 7.91. The highest BCUT2D eigenvalue weighted by Gasteiger charge is 2.44. The Bertz CT molecular complexity index is 2680. The number of rotatable bonds is 10. The third-order valence-corrected chi connectivity index (χ3v) is 17.2. The normalized spacial score (nSPS) is 17.5. The zero-order valence-electron chi connectivity index (χ0n) is 41.7. The predicted octanol–water partition coefficient (Wildman–Crippen LogP) is 12.3. The van der Waals surface area contributed by atoms with Crippen molar-refractivity contribution in [2.45, 2.75) is 102 Å². The first-order valence-electron chi connectivity index (χ1n) is 23.7. The quantitative estimate of drug-likeness (QED) is 0.133. The van der Waals surface area contributed by atoms with Crippen LogP contribution in [0.4, 0.5) is 0 Å². The van der Waals surface area contributed by atoms with Crippen LogP contribution in [0.15, 0.2) is 107 Å². The van der Waals surface area contributed by atoms with Crippen molar-refractivity contribution in [2.24, 2.45) is 0 Å². The van der Waals surface area contributed by atoms with Gasteiger partial charge in [0.05, 0.1) is 64.2 Å². The van der Waals surface area contributed by atoms with E-state index in [1.54, 1.807) is 48.5 Å². The average molecular weight is 923 g/mol. The van der Waals surface area contributed by atoms with E-state index >= 15 is 0 Å². The summed E-state index contributed by atoms with van der Waals surface area (Å²) in [6.07, 6.45) is 3.96. The topological polar surface area (TPSA) is 93.1 Å². The van der Waals surface area contributed by atoms with E-state index in [0.29, 0.717) is 23.0 Å². The second-order valence-electron chi connectivity index (χ2n) is 21.4. The molecule has 0 aliphatic carbocycles. The molecule has 2 saturated heterocycles. The van der Waals surface area contributed by atoms with Crippen molar-refractivity contribution in [1.82, 2.24) is 0 Å². The van der Waals surface area contributed by atoms with Gasteiger partial charge in [-0.2, -0.15) is 0 Å². The Morgan fingerprint density at radius 2 is 0.657 bits per heavy atom. The minimum Gasteiger partial charge on any atom is -0.507 e. The van der Waals surface area contributed by atoms with Crippen LogP contribution in [-0.2, 0) is 20.7 Å². The lowest BCUT2D eigenvalue weighted by molar-refractivity contribution is -0.896. The van der Waals surface area contributed by atoms with Crippen LogP contribution in [0.3, 0.4) is 0 Å². The number of phenolic OH excluding ortho intramolecular Hbond substituents is 2. The van der Waals surface area contributed by atoms with Gasteiger partial charge in [-0.15, -0.1) is 0 Å². The van der Waals surface area contributed by atoms with Crippen molar-refractivity contribution >= 4 is 9.84 Å². The molecule has 6 aromatic carbocycles. The first-order valence-corrected chi connectivity index (χ1v) is 25.2. The summed E-state index contributed by atoms with van der Waals surface area (Å²) in [6, 6.07) is 31.0. The fraction of sp³-hybridized carbons (Fsp3) is 0.379. The van der Waals surface area contributed by atoms with Gasteiger partial charge in [-0.25, -0.2) is 8.42 Å². The molecular weight excluding hydrogens is 853 g/mol. The van der Waals surface area contributed by atoms with E-state index in [2.05, 4.69) is 104 Å². The minimum absolute atomic E-state index is 0.178. The highest BCUT2D eigenvalue weighted by atomic mass is 32.2. The summed E-state index contributed by atoms with van der Waals surface area (Å²) >= 11 is 0. The predicted molar refractivity (Wildman–Crippen MR) is 269 cm³/mol. The van der Waals surface area contributed by atoms with E-state index in [0.717, 1.165) is 117 Å². The zero-order chi connectivity index (χ0) is 48.4. The van der Waals surface area contributed by atoms with E-state index in [4.69, 9.17) is 9.47 Å². The largest absolute Gasteiger partial charge is 0.507 e. The van der Waals surface area contributed by atoms with Gasteiger partial charge in [-0.1, -0.05) is 48.5 Å². The zero-order valence-corrected chi connectivity index (χ0v) is 42.5. The Morgan fingerprint density at radius 3 is 0.910 bits per heavy atom. The van der Waals surface area contributed by atoms with E-state index in [1.165, 1.54) is 22.3 Å². The average Bonchev–Trinajstić information content (AvgIpc) is 3.27. The van der Waals surface area contributed by atoms with Gasteiger partial charge in [0.15, 0.2) is 0 Å². The Morgan fingerprint density at radius 1 is 0.418 bits per heavy atom. The molecule has 67 heavy (non-hydrogen) atoms. The maximum Gasteiger partial charge on any atom is 0.206 e. The van der Waals surface area contributed by atoms with Crippen molar-refractivity contribution in [2.75, 3.05) is 54.4 Å². The van der Waals surface area contributed by atoms with Crippen LogP contribution in [-0.4, -0.2) is 82.0 Å². The molecule has 2 aliphatic heterocycles. The maximum absolute atomic E-state index is 13.9. The smallest absolute Gasteiger partial charge is 0.206 e. The number of quaternary nitrogens is 2. The summed E-state index contributed by atoms with van der Waals surface area (Å²) in [5, 5.41) is 21.3. The molecule has 0 amide bonds. The minimum atomic E-state index is -3.83. The summed E-state index contributed by atoms with van der Waals surface area (Å²) in [5.41, 5.74) is 12.2. The van der Waals surface area contributed by atoms with E-state index in [-0.39, 0.29) is 20.6 Å². The van der Waals surface area contributed by atoms with E-state index in [1.807, 2.05) is 27.7 Å². The Kier molecular flexibility index (Phi) is 12.5. The lowest BCUT2D eigenvalue weighted by Crippen LogP contribution is -2.51. The molecule has 0 radical (unpaired) electrons. The summed E-state index contributed by atoms with van der Waals surface area (Å²) < 4.78 is 42.9. The number of nitrogens with zero attached hydrogens (tertiary/aromatic N) is 2. The summed E-state index contributed by atoms with van der Waals surface area (Å²) in [4.78, 5) is 0.356. The van der Waals surface area contributed by atoms with Crippen LogP contribution in [0.1, 0.15) is 92.4 Å². The van der Waals surface area contributed by atoms with Crippen molar-refractivity contribution in [3.63, 3.8) is 0 Å². The number of piperidine rings is 2. The molecule has 2 N–H and O–H groups in total. The van der Waals surface area contributed by atoms with Crippen molar-refractivity contribution < 1.29 is 37.1 Å². The standard InChI is InChI=1S/C58H68N2O6S/c1-37-29-45(30-38(2)53(37)61)57(21-25-59(9,10)26-22-57)47-33-41(5)55(42(6)34-47)65-49-13-17-51(18-14-49)67(63,64)52-19-15-50(16-20-52)66-56-43(7)35-48(36-44(56)8)58(23-27-60(11,12)28-24-58)46-31-39(3)54(62)40(4)32-46/h13-20,29-36H,21-28H2,1-12H3/p+2. The number of hydrogen-bond donors (Lipinski definition) is 2. The second-order valence-corrected chi connectivity index (χ2v) is 23.3. The number of aromatic hydroxyl groups is 2. The molecule has 0 atom stereocenters. The molecule has 2 fully saturated rings. The molecule has 8 nitrogen and oxygen atoms in total. The summed E-state index contributed by atoms with van der Waals surface area (Å²) in [5.74, 6) is 3.35. The highest BCUT2D eigenvalue weighted by Crippen LogP contribution is 2.48. The number of sulfone groups is 1. The van der Waals surface area contributed by atoms with Crippen molar-refractivity contribution in [3.05, 3.63) is 164 Å². The summed E-state index contributed by atoms with van der Waals surface area (Å²) in [7, 11) is 5.35. The number of ether oxygens (including phenoxy) is 2. The third-order valence-electron chi connectivity index (χ3n) is 15.4. The van der Waals surface area contributed by atoms with Crippen molar-refractivity contribution in [3.8, 4) is 34.5 Å². The molecule has 9 heteroatoms.